The maximum absolute atomic E-state index is 12.6. The molecule has 0 unspecified atom stereocenters. The van der Waals surface area contributed by atoms with E-state index in [1.807, 2.05) is 19.2 Å². The summed E-state index contributed by atoms with van der Waals surface area (Å²) >= 11 is 0. The van der Waals surface area contributed by atoms with E-state index in [1.54, 1.807) is 4.90 Å². The molecule has 6 heteroatoms. The molecule has 1 saturated heterocycles. The van der Waals surface area contributed by atoms with Gasteiger partial charge >= 0.3 is 0 Å². The third-order valence-electron chi connectivity index (χ3n) is 6.36. The van der Waals surface area contributed by atoms with E-state index in [1.165, 1.54) is 30.5 Å². The van der Waals surface area contributed by atoms with E-state index < -0.39 is 0 Å². The molecule has 0 saturated carbocycles. The quantitative estimate of drug-likeness (QED) is 0.461. The third-order valence-corrected chi connectivity index (χ3v) is 6.36. The first-order valence-corrected chi connectivity index (χ1v) is 12.0. The van der Waals surface area contributed by atoms with Crippen LogP contribution >= 0.6 is 0 Å². The van der Waals surface area contributed by atoms with Gasteiger partial charge in [-0.15, -0.1) is 0 Å². The van der Waals surface area contributed by atoms with Crippen LogP contribution in [0.3, 0.4) is 0 Å². The largest absolute Gasteiger partial charge is 0.372 e. The zero-order valence-electron chi connectivity index (χ0n) is 20.0. The predicted octanol–water partition coefficient (Wildman–Crippen LogP) is 5.44. The fourth-order valence-electron chi connectivity index (χ4n) is 4.22. The van der Waals surface area contributed by atoms with Crippen LogP contribution in [0.15, 0.2) is 53.1 Å². The van der Waals surface area contributed by atoms with Crippen molar-refractivity contribution in [3.63, 3.8) is 0 Å². The van der Waals surface area contributed by atoms with Crippen LogP contribution in [-0.2, 0) is 17.8 Å². The molecule has 1 amide bonds. The highest BCUT2D eigenvalue weighted by atomic mass is 16.5. The van der Waals surface area contributed by atoms with Gasteiger partial charge in [0.1, 0.15) is 0 Å². The minimum absolute atomic E-state index is 0.0659. The van der Waals surface area contributed by atoms with E-state index in [9.17, 15) is 4.79 Å². The van der Waals surface area contributed by atoms with Crippen LogP contribution in [0.2, 0.25) is 0 Å². The lowest BCUT2D eigenvalue weighted by Gasteiger charge is -2.29. The van der Waals surface area contributed by atoms with Crippen LogP contribution in [0.25, 0.3) is 11.4 Å². The number of aryl methyl sites for hydroxylation is 1. The van der Waals surface area contributed by atoms with Gasteiger partial charge in [0.2, 0.25) is 17.6 Å². The lowest BCUT2D eigenvalue weighted by molar-refractivity contribution is -0.130. The van der Waals surface area contributed by atoms with Crippen molar-refractivity contribution in [3.05, 3.63) is 65.5 Å². The highest BCUT2D eigenvalue weighted by Crippen LogP contribution is 2.22. The SMILES string of the molecule is CC(C)c1ccc(-c2noc(CCC(=O)N(C)Cc3ccc(N4CCCCC4)cc3)n2)cc1. The molecule has 2 aromatic carbocycles. The van der Waals surface area contributed by atoms with Crippen molar-refractivity contribution in [2.45, 2.75) is 58.4 Å². The van der Waals surface area contributed by atoms with Crippen LogP contribution < -0.4 is 4.90 Å². The summed E-state index contributed by atoms with van der Waals surface area (Å²) in [5, 5.41) is 4.08. The first-order chi connectivity index (χ1) is 16.0. The van der Waals surface area contributed by atoms with E-state index in [2.05, 4.69) is 65.3 Å². The van der Waals surface area contributed by atoms with Crippen molar-refractivity contribution in [2.24, 2.45) is 0 Å². The Hall–Kier alpha value is -3.15. The Labute approximate surface area is 196 Å². The van der Waals surface area contributed by atoms with Crippen LogP contribution in [0.1, 0.15) is 62.5 Å². The Bertz CT molecular complexity index is 1030. The number of amides is 1. The first kappa shape index (κ1) is 23.0. The van der Waals surface area contributed by atoms with Gasteiger partial charge in [-0.2, -0.15) is 4.98 Å². The lowest BCUT2D eigenvalue weighted by atomic mass is 10.0. The molecule has 0 spiro atoms. The number of nitrogens with zero attached hydrogens (tertiary/aromatic N) is 4. The molecule has 33 heavy (non-hydrogen) atoms. The molecular formula is C27H34N4O2. The van der Waals surface area contributed by atoms with Gasteiger partial charge in [-0.05, 0) is 48.4 Å². The van der Waals surface area contributed by atoms with Crippen LogP contribution in [0, 0.1) is 0 Å². The molecule has 4 rings (SSSR count). The number of hydrogen-bond donors (Lipinski definition) is 0. The molecule has 1 aliphatic rings. The van der Waals surface area contributed by atoms with Gasteiger partial charge in [0.25, 0.3) is 0 Å². The number of carbonyl (C=O) groups is 1. The smallest absolute Gasteiger partial charge is 0.227 e. The second-order valence-corrected chi connectivity index (χ2v) is 9.25. The Kier molecular flexibility index (Phi) is 7.43. The van der Waals surface area contributed by atoms with E-state index in [-0.39, 0.29) is 5.91 Å². The molecule has 1 aromatic heterocycles. The zero-order chi connectivity index (χ0) is 23.2. The summed E-state index contributed by atoms with van der Waals surface area (Å²) in [4.78, 5) is 21.3. The number of carbonyl (C=O) groups excluding carboxylic acids is 1. The van der Waals surface area contributed by atoms with Gasteiger partial charge in [0.15, 0.2) is 0 Å². The van der Waals surface area contributed by atoms with E-state index in [0.29, 0.717) is 37.0 Å². The molecule has 1 aliphatic heterocycles. The van der Waals surface area contributed by atoms with Crippen molar-refractivity contribution in [2.75, 3.05) is 25.0 Å². The number of piperidine rings is 1. The minimum atomic E-state index is 0.0659. The number of rotatable bonds is 8. The number of benzene rings is 2. The summed E-state index contributed by atoms with van der Waals surface area (Å²) in [6, 6.07) is 16.8. The van der Waals surface area contributed by atoms with Gasteiger partial charge in [-0.1, -0.05) is 55.4 Å². The van der Waals surface area contributed by atoms with E-state index >= 15 is 0 Å². The summed E-state index contributed by atoms with van der Waals surface area (Å²) in [7, 11) is 1.84. The van der Waals surface area contributed by atoms with Gasteiger partial charge < -0.3 is 14.3 Å². The van der Waals surface area contributed by atoms with Crippen molar-refractivity contribution in [1.82, 2.24) is 15.0 Å². The minimum Gasteiger partial charge on any atom is -0.372 e. The second-order valence-electron chi connectivity index (χ2n) is 9.25. The normalized spacial score (nSPS) is 14.0. The van der Waals surface area contributed by atoms with Crippen LogP contribution in [-0.4, -0.2) is 41.1 Å². The summed E-state index contributed by atoms with van der Waals surface area (Å²) < 4.78 is 5.38. The predicted molar refractivity (Wildman–Crippen MR) is 131 cm³/mol. The van der Waals surface area contributed by atoms with Crippen molar-refractivity contribution >= 4 is 11.6 Å². The Morgan fingerprint density at radius 1 is 1.03 bits per heavy atom. The monoisotopic (exact) mass is 446 g/mol. The maximum atomic E-state index is 12.6. The Morgan fingerprint density at radius 2 is 1.73 bits per heavy atom. The third kappa shape index (κ3) is 6.01. The molecule has 2 heterocycles. The van der Waals surface area contributed by atoms with Crippen molar-refractivity contribution in [1.29, 1.82) is 0 Å². The lowest BCUT2D eigenvalue weighted by Crippen LogP contribution is -2.29. The van der Waals surface area contributed by atoms with Crippen LogP contribution in [0.4, 0.5) is 5.69 Å². The Balaban J connectivity index is 1.27. The maximum Gasteiger partial charge on any atom is 0.227 e. The Morgan fingerprint density at radius 3 is 2.39 bits per heavy atom. The molecule has 6 nitrogen and oxygen atoms in total. The number of aromatic nitrogens is 2. The second kappa shape index (κ2) is 10.6. The van der Waals surface area contributed by atoms with Crippen molar-refractivity contribution in [3.8, 4) is 11.4 Å². The topological polar surface area (TPSA) is 62.5 Å². The van der Waals surface area contributed by atoms with Gasteiger partial charge in [0, 0.05) is 50.8 Å². The fraction of sp³-hybridized carbons (Fsp3) is 0.444. The molecule has 0 atom stereocenters. The number of anilines is 1. The summed E-state index contributed by atoms with van der Waals surface area (Å²) in [6.45, 7) is 7.20. The van der Waals surface area contributed by atoms with E-state index in [4.69, 9.17) is 4.52 Å². The zero-order valence-corrected chi connectivity index (χ0v) is 20.0. The highest BCUT2D eigenvalue weighted by Gasteiger charge is 2.15. The highest BCUT2D eigenvalue weighted by molar-refractivity contribution is 5.76. The fourth-order valence-corrected chi connectivity index (χ4v) is 4.22. The molecule has 3 aromatic rings. The molecule has 0 aliphatic carbocycles. The summed E-state index contributed by atoms with van der Waals surface area (Å²) in [5.41, 5.74) is 4.61. The first-order valence-electron chi connectivity index (χ1n) is 12.0. The average Bonchev–Trinajstić information content (AvgIpc) is 3.32. The summed E-state index contributed by atoms with van der Waals surface area (Å²) in [5.74, 6) is 1.60. The summed E-state index contributed by atoms with van der Waals surface area (Å²) in [6.07, 6.45) is 4.65. The van der Waals surface area contributed by atoms with E-state index in [0.717, 1.165) is 24.2 Å². The molecule has 0 N–H and O–H groups in total. The molecule has 0 bridgehead atoms. The average molecular weight is 447 g/mol. The van der Waals surface area contributed by atoms with Gasteiger partial charge in [-0.25, -0.2) is 0 Å². The van der Waals surface area contributed by atoms with Crippen molar-refractivity contribution < 1.29 is 9.32 Å². The number of hydrogen-bond acceptors (Lipinski definition) is 5. The van der Waals surface area contributed by atoms with Gasteiger partial charge in [-0.3, -0.25) is 4.79 Å². The van der Waals surface area contributed by atoms with Crippen LogP contribution in [0.5, 0.6) is 0 Å². The molecule has 0 radical (unpaired) electrons. The molecule has 174 valence electrons. The molecular weight excluding hydrogens is 412 g/mol. The molecule has 1 fully saturated rings. The van der Waals surface area contributed by atoms with Gasteiger partial charge in [0.05, 0.1) is 0 Å². The standard InChI is InChI=1S/C27H34N4O2/c1-20(2)22-9-11-23(12-10-22)27-28-25(33-29-27)15-16-26(32)30(3)19-21-7-13-24(14-8-21)31-17-5-4-6-18-31/h7-14,20H,4-6,15-19H2,1-3H3.